The van der Waals surface area contributed by atoms with Crippen molar-refractivity contribution in [1.82, 2.24) is 5.32 Å². The van der Waals surface area contributed by atoms with Crippen LogP contribution in [0.1, 0.15) is 13.3 Å². The van der Waals surface area contributed by atoms with Gasteiger partial charge in [0.2, 0.25) is 11.8 Å². The smallest absolute Gasteiger partial charge is 0.295 e. The minimum Gasteiger partial charge on any atom is -0.295 e. The first kappa shape index (κ1) is 12.3. The van der Waals surface area contributed by atoms with E-state index in [1.54, 1.807) is 6.08 Å². The van der Waals surface area contributed by atoms with Crippen molar-refractivity contribution in [3.63, 3.8) is 0 Å². The second-order valence-electron chi connectivity index (χ2n) is 3.43. The largest absolute Gasteiger partial charge is 1.00 e. The summed E-state index contributed by atoms with van der Waals surface area (Å²) in [6.07, 6.45) is 7.94. The zero-order valence-electron chi connectivity index (χ0n) is 8.41. The Morgan fingerprint density at radius 1 is 1.43 bits per heavy atom. The van der Waals surface area contributed by atoms with Gasteiger partial charge in [-0.3, -0.25) is 14.9 Å². The molecular formula is C10H11KNO2+. The summed E-state index contributed by atoms with van der Waals surface area (Å²) < 4.78 is 0. The van der Waals surface area contributed by atoms with Crippen molar-refractivity contribution < 1.29 is 61.0 Å². The van der Waals surface area contributed by atoms with Crippen LogP contribution in [0, 0.1) is 11.3 Å². The van der Waals surface area contributed by atoms with Crippen LogP contribution in [0.5, 0.6) is 0 Å². The molecule has 2 aliphatic rings. The van der Waals surface area contributed by atoms with E-state index in [2.05, 4.69) is 5.32 Å². The molecule has 3 nitrogen and oxygen atoms in total. The fraction of sp³-hybridized carbons (Fsp3) is 0.400. The number of amides is 2. The van der Waals surface area contributed by atoms with E-state index >= 15 is 0 Å². The van der Waals surface area contributed by atoms with Crippen LogP contribution in [0.25, 0.3) is 0 Å². The van der Waals surface area contributed by atoms with E-state index in [0.29, 0.717) is 6.42 Å². The SMILES string of the molecule is CCC12C=CC=CC1C(=O)NC2=O.[K+]. The Balaban J connectivity index is 0.000000980. The van der Waals surface area contributed by atoms with Crippen LogP contribution in [-0.2, 0) is 9.59 Å². The Morgan fingerprint density at radius 3 is 2.71 bits per heavy atom. The summed E-state index contributed by atoms with van der Waals surface area (Å²) in [5.41, 5.74) is -0.605. The molecule has 2 atom stereocenters. The summed E-state index contributed by atoms with van der Waals surface area (Å²) in [6.45, 7) is 1.93. The van der Waals surface area contributed by atoms with E-state index in [1.165, 1.54) is 0 Å². The topological polar surface area (TPSA) is 46.2 Å². The molecule has 68 valence electrons. The van der Waals surface area contributed by atoms with Gasteiger partial charge in [0, 0.05) is 0 Å². The van der Waals surface area contributed by atoms with Gasteiger partial charge < -0.3 is 0 Å². The molecule has 0 saturated carbocycles. The number of hydrogen-bond donors (Lipinski definition) is 1. The molecule has 4 heteroatoms. The average Bonchev–Trinajstić information content (AvgIpc) is 2.41. The second kappa shape index (κ2) is 4.41. The molecule has 1 N–H and O–H groups in total. The molecule has 1 fully saturated rings. The molecule has 0 aromatic carbocycles. The van der Waals surface area contributed by atoms with Gasteiger partial charge >= 0.3 is 51.4 Å². The molecule has 1 heterocycles. The van der Waals surface area contributed by atoms with Gasteiger partial charge in [-0.2, -0.15) is 0 Å². The first-order valence-corrected chi connectivity index (χ1v) is 4.42. The van der Waals surface area contributed by atoms with Crippen LogP contribution in [0.4, 0.5) is 0 Å². The number of carbonyl (C=O) groups is 2. The van der Waals surface area contributed by atoms with E-state index < -0.39 is 5.41 Å². The molecule has 2 rings (SSSR count). The third-order valence-electron chi connectivity index (χ3n) is 2.89. The average molecular weight is 216 g/mol. The Bertz CT molecular complexity index is 335. The summed E-state index contributed by atoms with van der Waals surface area (Å²) in [6, 6.07) is 0. The first-order chi connectivity index (χ1) is 6.20. The minimum atomic E-state index is -0.605. The molecule has 0 spiro atoms. The van der Waals surface area contributed by atoms with Crippen LogP contribution >= 0.6 is 0 Å². The van der Waals surface area contributed by atoms with Crippen LogP contribution in [0.15, 0.2) is 24.3 Å². The fourth-order valence-electron chi connectivity index (χ4n) is 2.02. The van der Waals surface area contributed by atoms with E-state index in [9.17, 15) is 9.59 Å². The molecule has 0 aromatic heterocycles. The van der Waals surface area contributed by atoms with Crippen LogP contribution in [0.3, 0.4) is 0 Å². The van der Waals surface area contributed by atoms with Crippen molar-refractivity contribution >= 4 is 11.8 Å². The number of nitrogens with one attached hydrogen (secondary N) is 1. The standard InChI is InChI=1S/C10H11NO2.K/c1-2-10-6-4-3-5-7(10)8(12)11-9(10)13;/h3-7H,2H2,1H3,(H,11,12,13);/q;+1. The van der Waals surface area contributed by atoms with Crippen molar-refractivity contribution in [2.45, 2.75) is 13.3 Å². The maximum Gasteiger partial charge on any atom is 1.00 e. The maximum atomic E-state index is 11.6. The Hall–Kier alpha value is 0.256. The van der Waals surface area contributed by atoms with Crippen LogP contribution in [0.2, 0.25) is 0 Å². The van der Waals surface area contributed by atoms with Crippen molar-refractivity contribution in [1.29, 1.82) is 0 Å². The molecule has 1 aliphatic carbocycles. The number of hydrogen-bond acceptors (Lipinski definition) is 2. The number of rotatable bonds is 1. The number of fused-ring (bicyclic) bond motifs is 1. The summed E-state index contributed by atoms with van der Waals surface area (Å²) in [5.74, 6) is -0.631. The van der Waals surface area contributed by atoms with Crippen molar-refractivity contribution in [3.8, 4) is 0 Å². The molecule has 14 heavy (non-hydrogen) atoms. The van der Waals surface area contributed by atoms with Crippen molar-refractivity contribution in [2.24, 2.45) is 11.3 Å². The van der Waals surface area contributed by atoms with E-state index in [-0.39, 0.29) is 69.1 Å². The van der Waals surface area contributed by atoms with Crippen LogP contribution < -0.4 is 56.7 Å². The third-order valence-corrected chi connectivity index (χ3v) is 2.89. The van der Waals surface area contributed by atoms with Crippen molar-refractivity contribution in [2.75, 3.05) is 0 Å². The minimum absolute atomic E-state index is 0. The Labute approximate surface area is 125 Å². The Morgan fingerprint density at radius 2 is 2.14 bits per heavy atom. The maximum absolute atomic E-state index is 11.6. The molecule has 0 radical (unpaired) electrons. The summed E-state index contributed by atoms with van der Waals surface area (Å²) >= 11 is 0. The second-order valence-corrected chi connectivity index (χ2v) is 3.43. The zero-order valence-corrected chi connectivity index (χ0v) is 11.5. The fourth-order valence-corrected chi connectivity index (χ4v) is 2.02. The summed E-state index contributed by atoms with van der Waals surface area (Å²) in [4.78, 5) is 22.9. The van der Waals surface area contributed by atoms with Gasteiger partial charge in [-0.05, 0) is 6.42 Å². The molecule has 2 amide bonds. The van der Waals surface area contributed by atoms with E-state index in [1.807, 2.05) is 25.2 Å². The molecule has 0 aromatic rings. The van der Waals surface area contributed by atoms with Gasteiger partial charge in [-0.1, -0.05) is 31.2 Å². The van der Waals surface area contributed by atoms with E-state index in [0.717, 1.165) is 0 Å². The first-order valence-electron chi connectivity index (χ1n) is 4.42. The molecule has 2 unspecified atom stereocenters. The predicted molar refractivity (Wildman–Crippen MR) is 47.6 cm³/mol. The van der Waals surface area contributed by atoms with E-state index in [4.69, 9.17) is 0 Å². The Kier molecular flexibility index (Phi) is 3.88. The van der Waals surface area contributed by atoms with Gasteiger partial charge in [-0.25, -0.2) is 0 Å². The molecule has 1 saturated heterocycles. The van der Waals surface area contributed by atoms with Gasteiger partial charge in [0.15, 0.2) is 0 Å². The molecular weight excluding hydrogens is 205 g/mol. The summed E-state index contributed by atoms with van der Waals surface area (Å²) in [5, 5.41) is 2.37. The quantitative estimate of drug-likeness (QED) is 0.399. The number of allylic oxidation sites excluding steroid dienone is 2. The molecule has 1 aliphatic heterocycles. The number of carbonyl (C=O) groups excluding carboxylic acids is 2. The van der Waals surface area contributed by atoms with Crippen molar-refractivity contribution in [3.05, 3.63) is 24.3 Å². The van der Waals surface area contributed by atoms with Gasteiger partial charge in [0.1, 0.15) is 0 Å². The molecule has 0 bridgehead atoms. The monoisotopic (exact) mass is 216 g/mol. The zero-order chi connectivity index (χ0) is 9.47. The van der Waals surface area contributed by atoms with Crippen LogP contribution in [-0.4, -0.2) is 11.8 Å². The van der Waals surface area contributed by atoms with Gasteiger partial charge in [-0.15, -0.1) is 0 Å². The van der Waals surface area contributed by atoms with Gasteiger partial charge in [0.05, 0.1) is 11.3 Å². The normalized spacial score (nSPS) is 33.6. The number of imide groups is 1. The summed E-state index contributed by atoms with van der Waals surface area (Å²) in [7, 11) is 0. The predicted octanol–water partition coefficient (Wildman–Crippen LogP) is -2.21. The third kappa shape index (κ3) is 1.59. The van der Waals surface area contributed by atoms with Gasteiger partial charge in [0.25, 0.3) is 0 Å².